The van der Waals surface area contributed by atoms with Gasteiger partial charge in [-0.15, -0.1) is 11.3 Å². The predicted octanol–water partition coefficient (Wildman–Crippen LogP) is 4.30. The molecule has 0 unspecified atom stereocenters. The number of aryl methyl sites for hydroxylation is 1. The van der Waals surface area contributed by atoms with Gasteiger partial charge in [0.05, 0.1) is 5.56 Å². The van der Waals surface area contributed by atoms with Crippen LogP contribution in [0.4, 0.5) is 9.80 Å². The molecule has 0 bridgehead atoms. The van der Waals surface area contributed by atoms with E-state index in [4.69, 9.17) is 10.00 Å². The van der Waals surface area contributed by atoms with Crippen LogP contribution in [0, 0.1) is 18.3 Å². The summed E-state index contributed by atoms with van der Waals surface area (Å²) in [6, 6.07) is 3.76. The van der Waals surface area contributed by atoms with Crippen molar-refractivity contribution in [2.75, 3.05) is 5.32 Å². The minimum absolute atomic E-state index is 0.466. The topological polar surface area (TPSA) is 62.1 Å². The predicted molar refractivity (Wildman–Crippen MR) is 75.0 cm³/mol. The highest BCUT2D eigenvalue weighted by atomic mass is 32.1. The van der Waals surface area contributed by atoms with E-state index < -0.39 is 11.7 Å². The maximum Gasteiger partial charge on any atom is 0.412 e. The molecule has 0 aromatic carbocycles. The first kappa shape index (κ1) is 16.5. The van der Waals surface area contributed by atoms with Gasteiger partial charge in [-0.1, -0.05) is 13.8 Å². The Kier molecular flexibility index (Phi) is 6.42. The zero-order valence-electron chi connectivity index (χ0n) is 11.7. The number of amides is 1. The van der Waals surface area contributed by atoms with Crippen LogP contribution < -0.4 is 5.32 Å². The van der Waals surface area contributed by atoms with Crippen LogP contribution in [0.5, 0.6) is 0 Å². The number of ether oxygens (including phenoxy) is 1. The quantitative estimate of drug-likeness (QED) is 0.825. The molecule has 0 aliphatic heterocycles. The van der Waals surface area contributed by atoms with E-state index in [0.29, 0.717) is 10.6 Å². The Bertz CT molecular complexity index is 439. The van der Waals surface area contributed by atoms with E-state index in [1.807, 2.05) is 26.8 Å². The number of anilines is 1. The van der Waals surface area contributed by atoms with Crippen LogP contribution >= 0.6 is 11.3 Å². The lowest BCUT2D eigenvalue weighted by atomic mass is 10.2. The molecule has 100 valence electrons. The molecule has 5 heteroatoms. The molecule has 0 saturated heterocycles. The van der Waals surface area contributed by atoms with Crippen molar-refractivity contribution in [3.63, 3.8) is 0 Å². The number of hydrogen-bond acceptors (Lipinski definition) is 4. The van der Waals surface area contributed by atoms with Crippen LogP contribution in [0.1, 0.15) is 45.1 Å². The summed E-state index contributed by atoms with van der Waals surface area (Å²) in [6.45, 7) is 11.2. The average Bonchev–Trinajstić information content (AvgIpc) is 2.58. The molecule has 1 heterocycles. The van der Waals surface area contributed by atoms with Gasteiger partial charge in [-0.25, -0.2) is 4.79 Å². The molecule has 1 aromatic heterocycles. The number of nitrogens with one attached hydrogen (secondary N) is 1. The van der Waals surface area contributed by atoms with E-state index in [2.05, 4.69) is 5.32 Å². The zero-order chi connectivity index (χ0) is 14.3. The van der Waals surface area contributed by atoms with Crippen molar-refractivity contribution in [1.82, 2.24) is 0 Å². The van der Waals surface area contributed by atoms with Crippen LogP contribution in [0.2, 0.25) is 0 Å². The SMILES string of the molecule is CC.Cc1cc(C#N)c(NC(=O)OC(C)(C)C)s1. The summed E-state index contributed by atoms with van der Waals surface area (Å²) in [7, 11) is 0. The highest BCUT2D eigenvalue weighted by Crippen LogP contribution is 2.27. The highest BCUT2D eigenvalue weighted by Gasteiger charge is 2.18. The summed E-state index contributed by atoms with van der Waals surface area (Å²) >= 11 is 1.36. The van der Waals surface area contributed by atoms with Gasteiger partial charge in [-0.2, -0.15) is 5.26 Å². The van der Waals surface area contributed by atoms with Crippen molar-refractivity contribution < 1.29 is 9.53 Å². The number of nitriles is 1. The van der Waals surface area contributed by atoms with Crippen molar-refractivity contribution in [2.45, 2.75) is 47.1 Å². The first-order valence-electron chi connectivity index (χ1n) is 5.82. The number of rotatable bonds is 1. The molecule has 1 aromatic rings. The van der Waals surface area contributed by atoms with Gasteiger partial charge in [-0.05, 0) is 33.8 Å². The van der Waals surface area contributed by atoms with E-state index in [0.717, 1.165) is 4.88 Å². The maximum absolute atomic E-state index is 11.5. The summed E-state index contributed by atoms with van der Waals surface area (Å²) in [5.41, 5.74) is -0.0724. The van der Waals surface area contributed by atoms with Gasteiger partial charge in [0.25, 0.3) is 0 Å². The van der Waals surface area contributed by atoms with Crippen molar-refractivity contribution >= 4 is 22.4 Å². The van der Waals surface area contributed by atoms with Gasteiger partial charge >= 0.3 is 6.09 Å². The molecular weight excluding hydrogens is 248 g/mol. The van der Waals surface area contributed by atoms with Crippen LogP contribution in [-0.2, 0) is 4.74 Å². The van der Waals surface area contributed by atoms with E-state index in [9.17, 15) is 4.79 Å². The summed E-state index contributed by atoms with van der Waals surface area (Å²) < 4.78 is 5.10. The molecule has 1 rings (SSSR count). The summed E-state index contributed by atoms with van der Waals surface area (Å²) in [4.78, 5) is 12.4. The van der Waals surface area contributed by atoms with Gasteiger partial charge < -0.3 is 4.74 Å². The van der Waals surface area contributed by atoms with Crippen LogP contribution in [-0.4, -0.2) is 11.7 Å². The van der Waals surface area contributed by atoms with Gasteiger partial charge in [0.1, 0.15) is 16.7 Å². The Morgan fingerprint density at radius 1 is 1.44 bits per heavy atom. The van der Waals surface area contributed by atoms with E-state index in [1.54, 1.807) is 26.8 Å². The van der Waals surface area contributed by atoms with Crippen LogP contribution in [0.25, 0.3) is 0 Å². The maximum atomic E-state index is 11.5. The monoisotopic (exact) mass is 268 g/mol. The third-order valence-corrected chi connectivity index (χ3v) is 2.56. The van der Waals surface area contributed by atoms with Crippen LogP contribution in [0.3, 0.4) is 0 Å². The van der Waals surface area contributed by atoms with Gasteiger partial charge in [0.15, 0.2) is 0 Å². The van der Waals surface area contributed by atoms with Crippen molar-refractivity contribution in [1.29, 1.82) is 5.26 Å². The summed E-state index contributed by atoms with van der Waals surface area (Å²) in [6.07, 6.45) is -0.536. The lowest BCUT2D eigenvalue weighted by molar-refractivity contribution is 0.0636. The molecule has 0 aliphatic rings. The molecule has 1 amide bonds. The Morgan fingerprint density at radius 3 is 2.44 bits per heavy atom. The molecule has 1 N–H and O–H groups in total. The third-order valence-electron chi connectivity index (χ3n) is 1.59. The number of carbonyl (C=O) groups excluding carboxylic acids is 1. The molecule has 18 heavy (non-hydrogen) atoms. The molecule has 0 fully saturated rings. The molecule has 0 atom stereocenters. The largest absolute Gasteiger partial charge is 0.444 e. The first-order valence-corrected chi connectivity index (χ1v) is 6.64. The van der Waals surface area contributed by atoms with E-state index in [-0.39, 0.29) is 0 Å². The second-order valence-electron chi connectivity index (χ2n) is 4.34. The Morgan fingerprint density at radius 2 is 2.00 bits per heavy atom. The fourth-order valence-corrected chi connectivity index (χ4v) is 1.93. The molecule has 0 radical (unpaired) electrons. The lowest BCUT2D eigenvalue weighted by Gasteiger charge is -2.19. The number of hydrogen-bond donors (Lipinski definition) is 1. The molecule has 0 saturated carbocycles. The standard InChI is InChI=1S/C11H14N2O2S.C2H6/c1-7-5-8(6-12)9(16-7)13-10(14)15-11(2,3)4;1-2/h5H,1-4H3,(H,13,14);1-2H3. The van der Waals surface area contributed by atoms with Gasteiger partial charge in [-0.3, -0.25) is 5.32 Å². The number of carbonyl (C=O) groups is 1. The van der Waals surface area contributed by atoms with E-state index >= 15 is 0 Å². The smallest absolute Gasteiger partial charge is 0.412 e. The lowest BCUT2D eigenvalue weighted by Crippen LogP contribution is -2.27. The average molecular weight is 268 g/mol. The summed E-state index contributed by atoms with van der Waals surface area (Å²) in [5.74, 6) is 0. The van der Waals surface area contributed by atoms with E-state index in [1.165, 1.54) is 11.3 Å². The fraction of sp³-hybridized carbons (Fsp3) is 0.538. The van der Waals surface area contributed by atoms with Gasteiger partial charge in [0.2, 0.25) is 0 Å². The normalized spacial score (nSPS) is 9.83. The first-order chi connectivity index (χ1) is 8.31. The van der Waals surface area contributed by atoms with Crippen LogP contribution in [0.15, 0.2) is 6.07 Å². The molecule has 0 spiro atoms. The van der Waals surface area contributed by atoms with Crippen molar-refractivity contribution in [2.24, 2.45) is 0 Å². The molecule has 0 aliphatic carbocycles. The Labute approximate surface area is 113 Å². The minimum atomic E-state index is -0.538. The zero-order valence-corrected chi connectivity index (χ0v) is 12.6. The number of thiophene rings is 1. The van der Waals surface area contributed by atoms with Crippen molar-refractivity contribution in [3.8, 4) is 6.07 Å². The highest BCUT2D eigenvalue weighted by molar-refractivity contribution is 7.16. The van der Waals surface area contributed by atoms with Gasteiger partial charge in [0, 0.05) is 4.88 Å². The minimum Gasteiger partial charge on any atom is -0.444 e. The Balaban J connectivity index is 0.00000137. The fourth-order valence-electron chi connectivity index (χ4n) is 1.09. The van der Waals surface area contributed by atoms with Crippen molar-refractivity contribution in [3.05, 3.63) is 16.5 Å². The Hall–Kier alpha value is -1.54. The second-order valence-corrected chi connectivity index (χ2v) is 5.59. The third kappa shape index (κ3) is 5.69. The summed E-state index contributed by atoms with van der Waals surface area (Å²) in [5, 5.41) is 12.0. The second kappa shape index (κ2) is 7.02. The molecular formula is C13H20N2O2S. The number of nitrogens with zero attached hydrogens (tertiary/aromatic N) is 1. The molecule has 4 nitrogen and oxygen atoms in total.